The van der Waals surface area contributed by atoms with Gasteiger partial charge in [0.15, 0.2) is 11.6 Å². The van der Waals surface area contributed by atoms with Gasteiger partial charge in [0.25, 0.3) is 0 Å². The SMILES string of the molecule is CC1Cc2cccc(OC(=O)OCc3ccccc3)c2C1=O.CCOC(=O)Oc1cccc2c1C(=O)C(C)C2. The molecule has 202 valence electrons. The number of rotatable bonds is 5. The molecule has 2 aliphatic rings. The molecule has 8 heteroatoms. The third-order valence-electron chi connectivity index (χ3n) is 6.51. The van der Waals surface area contributed by atoms with Gasteiger partial charge < -0.3 is 18.9 Å². The van der Waals surface area contributed by atoms with Crippen molar-refractivity contribution in [3.63, 3.8) is 0 Å². The summed E-state index contributed by atoms with van der Waals surface area (Å²) in [6.07, 6.45) is -0.184. The summed E-state index contributed by atoms with van der Waals surface area (Å²) in [4.78, 5) is 47.1. The Labute approximate surface area is 226 Å². The third kappa shape index (κ3) is 6.52. The lowest BCUT2D eigenvalue weighted by atomic mass is 10.1. The number of carbonyl (C=O) groups is 4. The lowest BCUT2D eigenvalue weighted by Crippen LogP contribution is -2.13. The number of hydrogen-bond acceptors (Lipinski definition) is 8. The van der Waals surface area contributed by atoms with Crippen molar-refractivity contribution in [3.05, 3.63) is 94.5 Å². The summed E-state index contributed by atoms with van der Waals surface area (Å²) in [6.45, 7) is 5.83. The van der Waals surface area contributed by atoms with Gasteiger partial charge in [-0.05, 0) is 48.6 Å². The standard InChI is InChI=1S/C18H16O4.C13H14O4/c1-12-10-14-8-5-9-15(16(14)17(12)19)22-18(20)21-11-13-6-3-2-4-7-13;1-3-16-13(15)17-10-6-4-5-9-7-8(2)12(14)11(9)10/h2-9,12H,10-11H2,1H3;4-6,8H,3,7H2,1-2H3. The highest BCUT2D eigenvalue weighted by Crippen LogP contribution is 2.34. The lowest BCUT2D eigenvalue weighted by Gasteiger charge is -2.09. The molecule has 0 saturated carbocycles. The Morgan fingerprint density at radius 2 is 1.18 bits per heavy atom. The summed E-state index contributed by atoms with van der Waals surface area (Å²) in [5.41, 5.74) is 3.76. The van der Waals surface area contributed by atoms with E-state index in [1.165, 1.54) is 0 Å². The second-order valence-electron chi connectivity index (χ2n) is 9.43. The first-order valence-corrected chi connectivity index (χ1v) is 12.8. The zero-order chi connectivity index (χ0) is 27.9. The molecular formula is C31H30O8. The molecule has 0 fully saturated rings. The van der Waals surface area contributed by atoms with Crippen LogP contribution in [0, 0.1) is 11.8 Å². The van der Waals surface area contributed by atoms with Crippen LogP contribution in [-0.2, 0) is 28.9 Å². The van der Waals surface area contributed by atoms with E-state index in [0.29, 0.717) is 29.7 Å². The molecule has 3 aromatic carbocycles. The van der Waals surface area contributed by atoms with Gasteiger partial charge in [-0.2, -0.15) is 0 Å². The summed E-state index contributed by atoms with van der Waals surface area (Å²) in [5, 5.41) is 0. The second kappa shape index (κ2) is 12.4. The van der Waals surface area contributed by atoms with Crippen LogP contribution in [-0.4, -0.2) is 30.5 Å². The second-order valence-corrected chi connectivity index (χ2v) is 9.43. The van der Waals surface area contributed by atoms with Crippen LogP contribution in [0.3, 0.4) is 0 Å². The van der Waals surface area contributed by atoms with E-state index in [4.69, 9.17) is 18.9 Å². The smallest absolute Gasteiger partial charge is 0.434 e. The maximum Gasteiger partial charge on any atom is 0.514 e. The van der Waals surface area contributed by atoms with E-state index in [-0.39, 0.29) is 42.4 Å². The van der Waals surface area contributed by atoms with Gasteiger partial charge in [0, 0.05) is 11.8 Å². The van der Waals surface area contributed by atoms with Crippen molar-refractivity contribution in [3.8, 4) is 11.5 Å². The van der Waals surface area contributed by atoms with E-state index >= 15 is 0 Å². The monoisotopic (exact) mass is 530 g/mol. The van der Waals surface area contributed by atoms with Crippen LogP contribution in [0.4, 0.5) is 9.59 Å². The Balaban J connectivity index is 0.000000187. The predicted octanol–water partition coefficient (Wildman–Crippen LogP) is 6.37. The summed E-state index contributed by atoms with van der Waals surface area (Å²) >= 11 is 0. The molecule has 2 unspecified atom stereocenters. The molecule has 0 spiro atoms. The molecule has 0 N–H and O–H groups in total. The molecule has 8 nitrogen and oxygen atoms in total. The summed E-state index contributed by atoms with van der Waals surface area (Å²) in [5.74, 6) is 0.513. The van der Waals surface area contributed by atoms with Crippen LogP contribution in [0.15, 0.2) is 66.7 Å². The number of ether oxygens (including phenoxy) is 4. The van der Waals surface area contributed by atoms with E-state index in [2.05, 4.69) is 0 Å². The fourth-order valence-corrected chi connectivity index (χ4v) is 4.63. The molecule has 5 rings (SSSR count). The molecule has 3 aromatic rings. The number of fused-ring (bicyclic) bond motifs is 2. The van der Waals surface area contributed by atoms with Crippen LogP contribution >= 0.6 is 0 Å². The maximum atomic E-state index is 12.1. The first kappa shape index (κ1) is 27.6. The van der Waals surface area contributed by atoms with Crippen LogP contribution in [0.5, 0.6) is 11.5 Å². The molecule has 0 aliphatic heterocycles. The van der Waals surface area contributed by atoms with Crippen molar-refractivity contribution in [2.75, 3.05) is 6.61 Å². The quantitative estimate of drug-likeness (QED) is 0.277. The first-order chi connectivity index (χ1) is 18.8. The molecule has 0 saturated heterocycles. The summed E-state index contributed by atoms with van der Waals surface area (Å²) in [6, 6.07) is 19.9. The van der Waals surface area contributed by atoms with Crippen molar-refractivity contribution in [2.45, 2.75) is 40.2 Å². The van der Waals surface area contributed by atoms with Crippen LogP contribution in [0.2, 0.25) is 0 Å². The summed E-state index contributed by atoms with van der Waals surface area (Å²) < 4.78 is 20.0. The molecule has 0 heterocycles. The minimum Gasteiger partial charge on any atom is -0.434 e. The molecular weight excluding hydrogens is 500 g/mol. The Morgan fingerprint density at radius 3 is 1.67 bits per heavy atom. The molecule has 0 amide bonds. The van der Waals surface area contributed by atoms with Gasteiger partial charge in [-0.15, -0.1) is 0 Å². The van der Waals surface area contributed by atoms with Crippen molar-refractivity contribution in [2.24, 2.45) is 11.8 Å². The van der Waals surface area contributed by atoms with Crippen LogP contribution in [0.25, 0.3) is 0 Å². The van der Waals surface area contributed by atoms with E-state index in [1.54, 1.807) is 31.2 Å². The Kier molecular flexibility index (Phi) is 8.76. The summed E-state index contributed by atoms with van der Waals surface area (Å²) in [7, 11) is 0. The number of ketones is 2. The van der Waals surface area contributed by atoms with Crippen molar-refractivity contribution >= 4 is 23.9 Å². The Hall–Kier alpha value is -4.46. The van der Waals surface area contributed by atoms with Gasteiger partial charge >= 0.3 is 12.3 Å². The van der Waals surface area contributed by atoms with Gasteiger partial charge in [-0.1, -0.05) is 68.4 Å². The molecule has 0 bridgehead atoms. The molecule has 39 heavy (non-hydrogen) atoms. The molecule has 0 aromatic heterocycles. The first-order valence-electron chi connectivity index (χ1n) is 12.8. The fraction of sp³-hybridized carbons (Fsp3) is 0.290. The zero-order valence-electron chi connectivity index (χ0n) is 22.1. The van der Waals surface area contributed by atoms with Crippen molar-refractivity contribution < 1.29 is 38.1 Å². The van der Waals surface area contributed by atoms with Crippen molar-refractivity contribution in [1.82, 2.24) is 0 Å². The normalized spacial score (nSPS) is 16.9. The third-order valence-corrected chi connectivity index (χ3v) is 6.51. The van der Waals surface area contributed by atoms with Gasteiger partial charge in [-0.25, -0.2) is 9.59 Å². The maximum absolute atomic E-state index is 12.1. The van der Waals surface area contributed by atoms with E-state index in [0.717, 1.165) is 16.7 Å². The van der Waals surface area contributed by atoms with Gasteiger partial charge in [-0.3, -0.25) is 9.59 Å². The number of carbonyl (C=O) groups excluding carboxylic acids is 4. The lowest BCUT2D eigenvalue weighted by molar-refractivity contribution is 0.0894. The highest BCUT2D eigenvalue weighted by Gasteiger charge is 2.32. The van der Waals surface area contributed by atoms with E-state index < -0.39 is 12.3 Å². The minimum atomic E-state index is -0.801. The number of benzene rings is 3. The Morgan fingerprint density at radius 1 is 0.692 bits per heavy atom. The van der Waals surface area contributed by atoms with E-state index in [1.807, 2.05) is 56.3 Å². The molecule has 2 atom stereocenters. The van der Waals surface area contributed by atoms with Crippen LogP contribution in [0.1, 0.15) is 58.2 Å². The number of Topliss-reactive ketones (excluding diaryl/α,β-unsaturated/α-hetero) is 2. The number of hydrogen-bond donors (Lipinski definition) is 0. The predicted molar refractivity (Wildman–Crippen MR) is 142 cm³/mol. The highest BCUT2D eigenvalue weighted by atomic mass is 16.7. The van der Waals surface area contributed by atoms with E-state index in [9.17, 15) is 19.2 Å². The minimum absolute atomic E-state index is 0.0152. The van der Waals surface area contributed by atoms with Gasteiger partial charge in [0.05, 0.1) is 17.7 Å². The highest BCUT2D eigenvalue weighted by molar-refractivity contribution is 6.05. The van der Waals surface area contributed by atoms with Crippen molar-refractivity contribution in [1.29, 1.82) is 0 Å². The van der Waals surface area contributed by atoms with Crippen LogP contribution < -0.4 is 9.47 Å². The fourth-order valence-electron chi connectivity index (χ4n) is 4.63. The largest absolute Gasteiger partial charge is 0.514 e. The Bertz CT molecular complexity index is 1380. The molecule has 0 radical (unpaired) electrons. The average Bonchev–Trinajstić information content (AvgIpc) is 3.38. The van der Waals surface area contributed by atoms with Gasteiger partial charge in [0.1, 0.15) is 18.1 Å². The molecule has 2 aliphatic carbocycles. The van der Waals surface area contributed by atoms with Gasteiger partial charge in [0.2, 0.25) is 0 Å². The average molecular weight is 531 g/mol. The topological polar surface area (TPSA) is 105 Å². The zero-order valence-corrected chi connectivity index (χ0v) is 22.1.